The molecule has 8 nitrogen and oxygen atoms in total. The van der Waals surface area contributed by atoms with Gasteiger partial charge in [0.15, 0.2) is 0 Å². The molecule has 0 saturated carbocycles. The molecule has 0 radical (unpaired) electrons. The van der Waals surface area contributed by atoms with Crippen LogP contribution in [0.25, 0.3) is 0 Å². The molecule has 0 spiro atoms. The molecule has 0 bridgehead atoms. The van der Waals surface area contributed by atoms with E-state index in [1.165, 1.54) is 6.07 Å². The topological polar surface area (TPSA) is 79.0 Å². The quantitative estimate of drug-likeness (QED) is 0.444. The molecule has 2 aliphatic heterocycles. The van der Waals surface area contributed by atoms with Crippen LogP contribution in [-0.2, 0) is 13.1 Å². The first-order chi connectivity index (χ1) is 18.5. The maximum absolute atomic E-state index is 15.0. The number of benzene rings is 2. The number of pyridine rings is 1. The van der Waals surface area contributed by atoms with Gasteiger partial charge in [0.1, 0.15) is 23.1 Å². The summed E-state index contributed by atoms with van der Waals surface area (Å²) < 4.78 is 25.8. The van der Waals surface area contributed by atoms with Crippen molar-refractivity contribution < 1.29 is 18.7 Å². The fraction of sp³-hybridized carbons (Fsp3) is 0.379. The minimum Gasteiger partial charge on any atom is -0.497 e. The van der Waals surface area contributed by atoms with Crippen molar-refractivity contribution in [3.05, 3.63) is 71.2 Å². The molecule has 2 amide bonds. The molecule has 2 aromatic carbocycles. The zero-order chi connectivity index (χ0) is 26.6. The predicted octanol–water partition coefficient (Wildman–Crippen LogP) is 5.25. The van der Waals surface area contributed by atoms with Gasteiger partial charge in [-0.3, -0.25) is 9.80 Å². The highest BCUT2D eigenvalue weighted by Gasteiger charge is 2.38. The lowest BCUT2D eigenvalue weighted by Crippen LogP contribution is -2.54. The van der Waals surface area contributed by atoms with Crippen LogP contribution in [-0.4, -0.2) is 44.4 Å². The molecule has 2 N–H and O–H groups in total. The van der Waals surface area contributed by atoms with E-state index in [9.17, 15) is 9.18 Å². The summed E-state index contributed by atoms with van der Waals surface area (Å²) in [5.41, 5.74) is 3.69. The molecule has 0 unspecified atom stereocenters. The first-order valence-corrected chi connectivity index (χ1v) is 13.0. The van der Waals surface area contributed by atoms with E-state index in [2.05, 4.69) is 15.6 Å². The van der Waals surface area contributed by atoms with Crippen LogP contribution in [0.2, 0.25) is 0 Å². The molecule has 1 aromatic heterocycles. The number of carbonyl (C=O) groups is 1. The van der Waals surface area contributed by atoms with Crippen LogP contribution < -0.4 is 29.9 Å². The Labute approximate surface area is 222 Å². The van der Waals surface area contributed by atoms with Crippen LogP contribution in [0.4, 0.5) is 26.4 Å². The van der Waals surface area contributed by atoms with Crippen LogP contribution >= 0.6 is 0 Å². The average Bonchev–Trinajstić information content (AvgIpc) is 3.21. The molecule has 1 saturated heterocycles. The Morgan fingerprint density at radius 3 is 2.82 bits per heavy atom. The number of amides is 2. The molecule has 2 aliphatic rings. The third kappa shape index (κ3) is 5.11. The zero-order valence-corrected chi connectivity index (χ0v) is 22.1. The van der Waals surface area contributed by atoms with Crippen LogP contribution in [0.3, 0.4) is 0 Å². The van der Waals surface area contributed by atoms with Gasteiger partial charge >= 0.3 is 6.03 Å². The molecular weight excluding hydrogens is 485 g/mol. The molecule has 200 valence electrons. The summed E-state index contributed by atoms with van der Waals surface area (Å²) in [4.78, 5) is 22.1. The van der Waals surface area contributed by atoms with Gasteiger partial charge in [-0.15, -0.1) is 0 Å². The number of nitrogens with one attached hydrogen (secondary N) is 2. The lowest BCUT2D eigenvalue weighted by atomic mass is 10.0. The van der Waals surface area contributed by atoms with Crippen LogP contribution in [0.5, 0.6) is 11.5 Å². The number of hydrogen-bond acceptors (Lipinski definition) is 6. The van der Waals surface area contributed by atoms with Crippen molar-refractivity contribution in [3.8, 4) is 11.5 Å². The first-order valence-electron chi connectivity index (χ1n) is 13.0. The van der Waals surface area contributed by atoms with Crippen molar-refractivity contribution in [2.24, 2.45) is 0 Å². The predicted molar refractivity (Wildman–Crippen MR) is 147 cm³/mol. The van der Waals surface area contributed by atoms with E-state index in [0.29, 0.717) is 30.3 Å². The number of aryl methyl sites for hydroxylation is 1. The number of fused-ring (bicyclic) bond motifs is 1. The van der Waals surface area contributed by atoms with Crippen molar-refractivity contribution in [2.45, 2.75) is 45.3 Å². The Bertz CT molecular complexity index is 1290. The number of urea groups is 1. The molecule has 9 heteroatoms. The van der Waals surface area contributed by atoms with Crippen LogP contribution in [0.1, 0.15) is 36.0 Å². The largest absolute Gasteiger partial charge is 0.497 e. The second-order valence-corrected chi connectivity index (χ2v) is 9.73. The lowest BCUT2D eigenvalue weighted by Gasteiger charge is -2.41. The van der Waals surface area contributed by atoms with Gasteiger partial charge in [-0.1, -0.05) is 18.6 Å². The summed E-state index contributed by atoms with van der Waals surface area (Å²) in [6, 6.07) is 12.3. The number of halogens is 1. The number of rotatable bonds is 7. The highest BCUT2D eigenvalue weighted by Crippen LogP contribution is 2.37. The number of methoxy groups -OCH3 is 2. The van der Waals surface area contributed by atoms with Crippen molar-refractivity contribution in [2.75, 3.05) is 42.4 Å². The van der Waals surface area contributed by atoms with E-state index >= 15 is 0 Å². The summed E-state index contributed by atoms with van der Waals surface area (Å²) in [7, 11) is 3.25. The number of carbonyl (C=O) groups excluding carboxylic acids is 1. The Balaban J connectivity index is 1.48. The molecule has 3 heterocycles. The molecular formula is C29H34FN5O3. The van der Waals surface area contributed by atoms with E-state index < -0.39 is 5.82 Å². The Morgan fingerprint density at radius 2 is 2.03 bits per heavy atom. The van der Waals surface area contributed by atoms with E-state index in [1.54, 1.807) is 31.4 Å². The van der Waals surface area contributed by atoms with Crippen LogP contribution in [0, 0.1) is 12.7 Å². The number of hydrogen-bond donors (Lipinski definition) is 2. The average molecular weight is 520 g/mol. The van der Waals surface area contributed by atoms with Gasteiger partial charge in [0, 0.05) is 42.5 Å². The second kappa shape index (κ2) is 11.3. The molecule has 0 aliphatic carbocycles. The van der Waals surface area contributed by atoms with Gasteiger partial charge in [0.05, 0.1) is 38.2 Å². The second-order valence-electron chi connectivity index (χ2n) is 9.73. The number of ether oxygens (including phenoxy) is 2. The zero-order valence-electron chi connectivity index (χ0n) is 22.1. The Kier molecular flexibility index (Phi) is 7.64. The molecule has 1 fully saturated rings. The minimum atomic E-state index is -0.402. The smallest absolute Gasteiger partial charge is 0.329 e. The van der Waals surface area contributed by atoms with E-state index in [-0.39, 0.29) is 18.6 Å². The van der Waals surface area contributed by atoms with Crippen molar-refractivity contribution in [1.29, 1.82) is 0 Å². The van der Waals surface area contributed by atoms with E-state index in [4.69, 9.17) is 9.47 Å². The SMILES string of the molecule is COc1ccc(CNc2cc3c(cn2)CN(c2c(C)cccc2F)C(=O)N3[C@H]2CCCCNC2)c(OC)c1. The summed E-state index contributed by atoms with van der Waals surface area (Å²) in [6.07, 6.45) is 4.74. The maximum Gasteiger partial charge on any atom is 0.329 e. The highest BCUT2D eigenvalue weighted by atomic mass is 19.1. The number of nitrogens with zero attached hydrogens (tertiary/aromatic N) is 3. The minimum absolute atomic E-state index is 0.0458. The van der Waals surface area contributed by atoms with E-state index in [0.717, 1.165) is 53.9 Å². The number of aromatic nitrogens is 1. The third-order valence-electron chi connectivity index (χ3n) is 7.29. The van der Waals surface area contributed by atoms with Crippen molar-refractivity contribution in [1.82, 2.24) is 10.3 Å². The molecule has 1 atom stereocenters. The molecule has 38 heavy (non-hydrogen) atoms. The molecule has 3 aromatic rings. The molecule has 5 rings (SSSR count). The fourth-order valence-corrected chi connectivity index (χ4v) is 5.28. The first kappa shape index (κ1) is 25.8. The van der Waals surface area contributed by atoms with Crippen molar-refractivity contribution in [3.63, 3.8) is 0 Å². The normalized spacial score (nSPS) is 17.6. The van der Waals surface area contributed by atoms with Gasteiger partial charge in [0.25, 0.3) is 0 Å². The van der Waals surface area contributed by atoms with Gasteiger partial charge < -0.3 is 20.1 Å². The Morgan fingerprint density at radius 1 is 1.16 bits per heavy atom. The summed E-state index contributed by atoms with van der Waals surface area (Å²) in [5, 5.41) is 6.84. The number of anilines is 3. The lowest BCUT2D eigenvalue weighted by molar-refractivity contribution is 0.247. The van der Waals surface area contributed by atoms with Gasteiger partial charge in [-0.2, -0.15) is 0 Å². The standard InChI is InChI=1S/C29H34FN5O3/c1-19-7-6-9-24(30)28(19)34-18-21-16-33-27(32-15-20-10-11-23(37-2)13-26(20)38-3)14-25(21)35(29(34)36)22-8-4-5-12-31-17-22/h6-7,9-11,13-14,16,22,31H,4-5,8,12,15,17-18H2,1-3H3,(H,32,33)/t22-/m0/s1. The summed E-state index contributed by atoms with van der Waals surface area (Å²) in [5.74, 6) is 1.68. The van der Waals surface area contributed by atoms with Crippen molar-refractivity contribution >= 4 is 23.2 Å². The Hall–Kier alpha value is -3.85. The maximum atomic E-state index is 15.0. The summed E-state index contributed by atoms with van der Waals surface area (Å²) in [6.45, 7) is 4.18. The monoisotopic (exact) mass is 519 g/mol. The van der Waals surface area contributed by atoms with Gasteiger partial charge in [-0.25, -0.2) is 14.2 Å². The fourth-order valence-electron chi connectivity index (χ4n) is 5.28. The summed E-state index contributed by atoms with van der Waals surface area (Å²) >= 11 is 0. The van der Waals surface area contributed by atoms with Gasteiger partial charge in [-0.05, 0) is 50.1 Å². The third-order valence-corrected chi connectivity index (χ3v) is 7.29. The van der Waals surface area contributed by atoms with E-state index in [1.807, 2.05) is 42.2 Å². The highest BCUT2D eigenvalue weighted by molar-refractivity contribution is 6.07. The van der Waals surface area contributed by atoms with Gasteiger partial charge in [0.2, 0.25) is 0 Å². The van der Waals surface area contributed by atoms with Crippen LogP contribution in [0.15, 0.2) is 48.7 Å². The number of para-hydroxylation sites is 1.